The minimum Gasteiger partial charge on any atom is -0.423 e. The maximum Gasteiger partial charge on any atom is 0.257 e. The molecule has 0 aliphatic heterocycles. The van der Waals surface area contributed by atoms with Gasteiger partial charge in [-0.05, 0) is 17.4 Å². The lowest BCUT2D eigenvalue weighted by atomic mass is 10.2. The molecule has 0 fully saturated rings. The monoisotopic (exact) mass is 317 g/mol. The number of nitrogens with zero attached hydrogens (tertiary/aromatic N) is 7. The maximum atomic E-state index is 12.4. The van der Waals surface area contributed by atoms with E-state index in [1.807, 2.05) is 13.8 Å². The van der Waals surface area contributed by atoms with Crippen molar-refractivity contribution in [3.05, 3.63) is 29.9 Å². The summed E-state index contributed by atoms with van der Waals surface area (Å²) in [5.74, 6) is 1.00. The molecule has 0 aliphatic rings. The van der Waals surface area contributed by atoms with Gasteiger partial charge in [-0.15, -0.1) is 15.3 Å². The van der Waals surface area contributed by atoms with Gasteiger partial charge in [-0.2, -0.15) is 9.78 Å². The van der Waals surface area contributed by atoms with Crippen LogP contribution >= 0.6 is 0 Å². The Labute approximate surface area is 130 Å². The van der Waals surface area contributed by atoms with Crippen LogP contribution in [0.25, 0.3) is 5.82 Å². The van der Waals surface area contributed by atoms with Crippen LogP contribution in [0.4, 0.5) is 0 Å². The van der Waals surface area contributed by atoms with Crippen molar-refractivity contribution in [2.45, 2.75) is 32.7 Å². The number of H-pyrrole nitrogens is 1. The third-order valence-electron chi connectivity index (χ3n) is 3.11. The molecule has 3 aromatic rings. The molecule has 0 aromatic carbocycles. The molecule has 23 heavy (non-hydrogen) atoms. The van der Waals surface area contributed by atoms with E-state index in [2.05, 4.69) is 41.2 Å². The van der Waals surface area contributed by atoms with E-state index in [0.29, 0.717) is 23.2 Å². The molecule has 1 atom stereocenters. The average molecular weight is 317 g/mol. The first-order valence-corrected chi connectivity index (χ1v) is 6.97. The largest absolute Gasteiger partial charge is 0.423 e. The highest BCUT2D eigenvalue weighted by molar-refractivity contribution is 5.97. The van der Waals surface area contributed by atoms with Crippen molar-refractivity contribution in [2.24, 2.45) is 0 Å². The van der Waals surface area contributed by atoms with Crippen LogP contribution < -0.4 is 5.32 Å². The van der Waals surface area contributed by atoms with Crippen LogP contribution in [0.5, 0.6) is 0 Å². The molecule has 120 valence electrons. The lowest BCUT2D eigenvalue weighted by Gasteiger charge is -2.09. The molecule has 0 bridgehead atoms. The fourth-order valence-electron chi connectivity index (χ4n) is 1.87. The number of tetrazole rings is 1. The van der Waals surface area contributed by atoms with Crippen LogP contribution in [-0.4, -0.2) is 46.5 Å². The van der Waals surface area contributed by atoms with Gasteiger partial charge in [0.15, 0.2) is 5.82 Å². The summed E-state index contributed by atoms with van der Waals surface area (Å²) in [6.45, 7) is 5.65. The second kappa shape index (κ2) is 5.94. The second-order valence-electron chi connectivity index (χ2n) is 5.22. The zero-order valence-electron chi connectivity index (χ0n) is 12.8. The van der Waals surface area contributed by atoms with E-state index in [0.717, 1.165) is 0 Å². The predicted molar refractivity (Wildman–Crippen MR) is 75.6 cm³/mol. The van der Waals surface area contributed by atoms with Crippen molar-refractivity contribution in [3.63, 3.8) is 0 Å². The zero-order valence-corrected chi connectivity index (χ0v) is 12.8. The molecule has 3 aromatic heterocycles. The van der Waals surface area contributed by atoms with Gasteiger partial charge in [-0.25, -0.2) is 0 Å². The summed E-state index contributed by atoms with van der Waals surface area (Å²) < 4.78 is 6.85. The minimum atomic E-state index is -0.445. The van der Waals surface area contributed by atoms with Crippen molar-refractivity contribution < 1.29 is 9.21 Å². The number of hydrogen-bond acceptors (Lipinski definition) is 8. The van der Waals surface area contributed by atoms with Crippen LogP contribution in [-0.2, 0) is 0 Å². The fraction of sp³-hybridized carbons (Fsp3) is 0.417. The van der Waals surface area contributed by atoms with Gasteiger partial charge in [0.2, 0.25) is 11.8 Å². The number of rotatable bonds is 5. The molecule has 0 spiro atoms. The molecule has 0 aliphatic carbocycles. The standard InChI is InChI=1S/C12H15N9O2/c1-6(2)11-17-18-12(23-11)7(3)15-10(22)8-4-13-16-9(8)21-5-14-19-20-21/h4-7H,1-3H3,(H,13,16)(H,15,22). The first kappa shape index (κ1) is 14.8. The summed E-state index contributed by atoms with van der Waals surface area (Å²) in [5, 5.41) is 28.0. The van der Waals surface area contributed by atoms with Crippen molar-refractivity contribution in [1.29, 1.82) is 0 Å². The van der Waals surface area contributed by atoms with E-state index < -0.39 is 6.04 Å². The van der Waals surface area contributed by atoms with Crippen LogP contribution in [0.1, 0.15) is 54.9 Å². The highest BCUT2D eigenvalue weighted by Gasteiger charge is 2.21. The summed E-state index contributed by atoms with van der Waals surface area (Å²) in [4.78, 5) is 12.4. The van der Waals surface area contributed by atoms with Crippen molar-refractivity contribution in [3.8, 4) is 5.82 Å². The Morgan fingerprint density at radius 3 is 2.74 bits per heavy atom. The second-order valence-corrected chi connectivity index (χ2v) is 5.22. The highest BCUT2D eigenvalue weighted by atomic mass is 16.4. The molecule has 1 amide bonds. The lowest BCUT2D eigenvalue weighted by Crippen LogP contribution is -2.27. The van der Waals surface area contributed by atoms with E-state index in [1.165, 1.54) is 17.2 Å². The van der Waals surface area contributed by atoms with Crippen molar-refractivity contribution in [2.75, 3.05) is 0 Å². The van der Waals surface area contributed by atoms with E-state index in [1.54, 1.807) is 6.92 Å². The molecule has 2 N–H and O–H groups in total. The molecule has 3 heterocycles. The van der Waals surface area contributed by atoms with Gasteiger partial charge in [0.1, 0.15) is 17.9 Å². The Kier molecular flexibility index (Phi) is 3.83. The summed E-state index contributed by atoms with van der Waals surface area (Å²) in [6.07, 6.45) is 2.76. The molecule has 11 nitrogen and oxygen atoms in total. The molecule has 0 radical (unpaired) electrons. The van der Waals surface area contributed by atoms with Gasteiger partial charge in [-0.3, -0.25) is 9.89 Å². The van der Waals surface area contributed by atoms with Gasteiger partial charge in [-0.1, -0.05) is 13.8 Å². The number of hydrogen-bond donors (Lipinski definition) is 2. The normalized spacial score (nSPS) is 12.5. The lowest BCUT2D eigenvalue weighted by molar-refractivity contribution is 0.0933. The average Bonchev–Trinajstić information content (AvgIpc) is 3.26. The van der Waals surface area contributed by atoms with Gasteiger partial charge >= 0.3 is 0 Å². The quantitative estimate of drug-likeness (QED) is 0.688. The smallest absolute Gasteiger partial charge is 0.257 e. The van der Waals surface area contributed by atoms with E-state index >= 15 is 0 Å². The van der Waals surface area contributed by atoms with Crippen molar-refractivity contribution >= 4 is 5.91 Å². The van der Waals surface area contributed by atoms with Crippen molar-refractivity contribution in [1.82, 2.24) is 45.9 Å². The maximum absolute atomic E-state index is 12.4. The number of carbonyl (C=O) groups excluding carboxylic acids is 1. The molecule has 3 rings (SSSR count). The first-order valence-electron chi connectivity index (χ1n) is 6.97. The van der Waals surface area contributed by atoms with Crippen LogP contribution in [0.15, 0.2) is 16.9 Å². The molecular weight excluding hydrogens is 302 g/mol. The summed E-state index contributed by atoms with van der Waals surface area (Å²) in [6, 6.07) is -0.445. The van der Waals surface area contributed by atoms with Crippen LogP contribution in [0, 0.1) is 0 Å². The van der Waals surface area contributed by atoms with E-state index in [9.17, 15) is 4.79 Å². The Balaban J connectivity index is 1.75. The predicted octanol–water partition coefficient (Wildman–Crippen LogP) is 0.383. The van der Waals surface area contributed by atoms with Gasteiger partial charge in [0, 0.05) is 5.92 Å². The summed E-state index contributed by atoms with van der Waals surface area (Å²) in [7, 11) is 0. The number of amides is 1. The summed E-state index contributed by atoms with van der Waals surface area (Å²) in [5.41, 5.74) is 0.299. The number of nitrogens with one attached hydrogen (secondary N) is 2. The SMILES string of the molecule is CC(C)c1nnc(C(C)NC(=O)c2cn[nH]c2-n2cnnn2)o1. The zero-order chi connectivity index (χ0) is 16.4. The molecular formula is C12H15N9O2. The number of aromatic amines is 1. The fourth-order valence-corrected chi connectivity index (χ4v) is 1.87. The van der Waals surface area contributed by atoms with E-state index in [-0.39, 0.29) is 11.8 Å². The summed E-state index contributed by atoms with van der Waals surface area (Å²) >= 11 is 0. The third-order valence-corrected chi connectivity index (χ3v) is 3.11. The number of aromatic nitrogens is 8. The van der Waals surface area contributed by atoms with Gasteiger partial charge in [0.05, 0.1) is 6.20 Å². The van der Waals surface area contributed by atoms with Crippen LogP contribution in [0.3, 0.4) is 0 Å². The van der Waals surface area contributed by atoms with Gasteiger partial charge < -0.3 is 9.73 Å². The Morgan fingerprint density at radius 1 is 1.30 bits per heavy atom. The Hall–Kier alpha value is -3.11. The minimum absolute atomic E-state index is 0.124. The topological polar surface area (TPSA) is 140 Å². The Morgan fingerprint density at radius 2 is 2.09 bits per heavy atom. The molecule has 11 heteroatoms. The third kappa shape index (κ3) is 2.93. The van der Waals surface area contributed by atoms with Crippen LogP contribution in [0.2, 0.25) is 0 Å². The Bertz CT molecular complexity index is 789. The molecule has 1 unspecified atom stereocenters. The highest BCUT2D eigenvalue weighted by Crippen LogP contribution is 2.17. The molecule has 0 saturated carbocycles. The molecule has 0 saturated heterocycles. The van der Waals surface area contributed by atoms with E-state index in [4.69, 9.17) is 4.42 Å². The number of carbonyl (C=O) groups is 1. The van der Waals surface area contributed by atoms with Gasteiger partial charge in [0.25, 0.3) is 5.91 Å². The first-order chi connectivity index (χ1) is 11.1.